The van der Waals surface area contributed by atoms with E-state index in [1.54, 1.807) is 12.1 Å². The van der Waals surface area contributed by atoms with Crippen molar-refractivity contribution in [3.05, 3.63) is 76.1 Å². The number of carbonyl (C=O) groups excluding carboxylic acids is 2. The van der Waals surface area contributed by atoms with Gasteiger partial charge in [-0.25, -0.2) is 5.43 Å². The number of aryl methyl sites for hydroxylation is 2. The first-order chi connectivity index (χ1) is 14.8. The summed E-state index contributed by atoms with van der Waals surface area (Å²) in [6.07, 6.45) is 1.50. The highest BCUT2D eigenvalue weighted by Gasteiger charge is 2.16. The third-order valence-electron chi connectivity index (χ3n) is 4.72. The molecule has 0 fully saturated rings. The summed E-state index contributed by atoms with van der Waals surface area (Å²) < 4.78 is 7.24. The number of hydrazone groups is 1. The Kier molecular flexibility index (Phi) is 6.77. The molecule has 2 N–H and O–H groups in total. The van der Waals surface area contributed by atoms with Crippen LogP contribution in [0.4, 0.5) is 5.69 Å². The highest BCUT2D eigenvalue weighted by atomic mass is 35.5. The van der Waals surface area contributed by atoms with Crippen LogP contribution in [-0.4, -0.2) is 29.7 Å². The van der Waals surface area contributed by atoms with Crippen LogP contribution in [-0.2, 0) is 9.59 Å². The number of nitrogens with zero attached hydrogens (tertiary/aromatic N) is 2. The molecule has 0 atom stereocenters. The molecule has 8 heteroatoms. The lowest BCUT2D eigenvalue weighted by molar-refractivity contribution is -0.136. The Morgan fingerprint density at radius 3 is 2.55 bits per heavy atom. The molecule has 0 spiro atoms. The van der Waals surface area contributed by atoms with Crippen molar-refractivity contribution in [1.82, 2.24) is 9.99 Å². The minimum absolute atomic E-state index is 0.414. The lowest BCUT2D eigenvalue weighted by Crippen LogP contribution is -2.32. The summed E-state index contributed by atoms with van der Waals surface area (Å²) in [5.41, 5.74) is 7.23. The van der Waals surface area contributed by atoms with Gasteiger partial charge < -0.3 is 14.6 Å². The average molecular weight is 439 g/mol. The SMILES string of the molecule is COc1ccc(C)cc1NC(=O)C(=O)N/N=C\c1cc(C)n(-c2cccc(Cl)c2)c1C. The molecular formula is C23H23ClN4O3. The number of halogens is 1. The maximum atomic E-state index is 12.2. The lowest BCUT2D eigenvalue weighted by atomic mass is 10.2. The number of amides is 2. The summed E-state index contributed by atoms with van der Waals surface area (Å²) in [5, 5.41) is 7.11. The second-order valence-corrected chi connectivity index (χ2v) is 7.44. The molecule has 0 unspecified atom stereocenters. The fourth-order valence-electron chi connectivity index (χ4n) is 3.24. The van der Waals surface area contributed by atoms with Gasteiger partial charge in [-0.3, -0.25) is 9.59 Å². The lowest BCUT2D eigenvalue weighted by Gasteiger charge is -2.10. The zero-order valence-electron chi connectivity index (χ0n) is 17.7. The molecule has 0 saturated heterocycles. The third-order valence-corrected chi connectivity index (χ3v) is 4.95. The maximum Gasteiger partial charge on any atom is 0.329 e. The zero-order chi connectivity index (χ0) is 22.5. The molecule has 0 aliphatic carbocycles. The quantitative estimate of drug-likeness (QED) is 0.356. The Morgan fingerprint density at radius 2 is 1.84 bits per heavy atom. The van der Waals surface area contributed by atoms with Crippen LogP contribution in [0.25, 0.3) is 5.69 Å². The predicted octanol–water partition coefficient (Wildman–Crippen LogP) is 4.15. The zero-order valence-corrected chi connectivity index (χ0v) is 18.4. The van der Waals surface area contributed by atoms with Gasteiger partial charge in [-0.15, -0.1) is 0 Å². The van der Waals surface area contributed by atoms with Crippen LogP contribution >= 0.6 is 11.6 Å². The molecule has 3 rings (SSSR count). The number of aromatic nitrogens is 1. The second-order valence-electron chi connectivity index (χ2n) is 7.00. The van der Waals surface area contributed by atoms with Gasteiger partial charge >= 0.3 is 11.8 Å². The van der Waals surface area contributed by atoms with Crippen molar-refractivity contribution in [3.63, 3.8) is 0 Å². The smallest absolute Gasteiger partial charge is 0.329 e. The normalized spacial score (nSPS) is 10.9. The van der Waals surface area contributed by atoms with E-state index in [9.17, 15) is 9.59 Å². The van der Waals surface area contributed by atoms with Crippen LogP contribution in [0.2, 0.25) is 5.02 Å². The first-order valence-corrected chi connectivity index (χ1v) is 9.92. The molecule has 31 heavy (non-hydrogen) atoms. The Hall–Kier alpha value is -3.58. The number of carbonyl (C=O) groups is 2. The number of methoxy groups -OCH3 is 1. The Labute approximate surface area is 185 Å². The summed E-state index contributed by atoms with van der Waals surface area (Å²) >= 11 is 6.11. The first-order valence-electron chi connectivity index (χ1n) is 9.54. The first kappa shape index (κ1) is 22.1. The third kappa shape index (κ3) is 5.13. The molecule has 0 aliphatic heterocycles. The molecule has 2 aromatic carbocycles. The molecule has 0 radical (unpaired) electrons. The molecule has 2 amide bonds. The minimum Gasteiger partial charge on any atom is -0.495 e. The summed E-state index contributed by atoms with van der Waals surface area (Å²) in [4.78, 5) is 24.3. The number of benzene rings is 2. The fourth-order valence-corrected chi connectivity index (χ4v) is 3.43. The molecule has 0 bridgehead atoms. The van der Waals surface area contributed by atoms with Crippen molar-refractivity contribution in [2.75, 3.05) is 12.4 Å². The monoisotopic (exact) mass is 438 g/mol. The highest BCUT2D eigenvalue weighted by molar-refractivity contribution is 6.39. The summed E-state index contributed by atoms with van der Waals surface area (Å²) in [6, 6.07) is 14.7. The van der Waals surface area contributed by atoms with Gasteiger partial charge in [-0.1, -0.05) is 23.7 Å². The number of anilines is 1. The fraction of sp³-hybridized carbons (Fsp3) is 0.174. The van der Waals surface area contributed by atoms with Gasteiger partial charge in [0.15, 0.2) is 0 Å². The van der Waals surface area contributed by atoms with E-state index in [-0.39, 0.29) is 0 Å². The number of hydrogen-bond acceptors (Lipinski definition) is 4. The largest absolute Gasteiger partial charge is 0.495 e. The maximum absolute atomic E-state index is 12.2. The van der Waals surface area contributed by atoms with E-state index in [4.69, 9.17) is 16.3 Å². The van der Waals surface area contributed by atoms with Crippen molar-refractivity contribution in [2.45, 2.75) is 20.8 Å². The van der Waals surface area contributed by atoms with Crippen LogP contribution in [0.3, 0.4) is 0 Å². The van der Waals surface area contributed by atoms with E-state index >= 15 is 0 Å². The van der Waals surface area contributed by atoms with Crippen LogP contribution in [0, 0.1) is 20.8 Å². The Morgan fingerprint density at radius 1 is 1.06 bits per heavy atom. The highest BCUT2D eigenvalue weighted by Crippen LogP contribution is 2.25. The van der Waals surface area contributed by atoms with Crippen molar-refractivity contribution >= 4 is 35.3 Å². The Balaban J connectivity index is 1.69. The summed E-state index contributed by atoms with van der Waals surface area (Å²) in [7, 11) is 1.49. The van der Waals surface area contributed by atoms with E-state index in [2.05, 4.69) is 15.8 Å². The minimum atomic E-state index is -0.886. The van der Waals surface area contributed by atoms with Gasteiger partial charge in [0.1, 0.15) is 5.75 Å². The summed E-state index contributed by atoms with van der Waals surface area (Å²) in [5.74, 6) is -1.27. The molecule has 1 aromatic heterocycles. The number of hydrogen-bond donors (Lipinski definition) is 2. The van der Waals surface area contributed by atoms with Gasteiger partial charge in [-0.2, -0.15) is 5.10 Å². The summed E-state index contributed by atoms with van der Waals surface area (Å²) in [6.45, 7) is 5.78. The van der Waals surface area contributed by atoms with Crippen LogP contribution in [0.1, 0.15) is 22.5 Å². The van der Waals surface area contributed by atoms with Crippen molar-refractivity contribution < 1.29 is 14.3 Å². The number of ether oxygens (including phenoxy) is 1. The van der Waals surface area contributed by atoms with E-state index in [0.717, 1.165) is 28.2 Å². The molecular weight excluding hydrogens is 416 g/mol. The standard InChI is InChI=1S/C23H23ClN4O3/c1-14-8-9-21(31-4)20(10-14)26-22(29)23(30)27-25-13-17-11-15(2)28(16(17)3)19-7-5-6-18(24)12-19/h5-13H,1-4H3,(H,26,29)(H,27,30)/b25-13-. The van der Waals surface area contributed by atoms with E-state index in [1.807, 2.05) is 61.7 Å². The van der Waals surface area contributed by atoms with Gasteiger partial charge in [0.05, 0.1) is 19.0 Å². The van der Waals surface area contributed by atoms with Crippen LogP contribution in [0.5, 0.6) is 5.75 Å². The molecule has 1 heterocycles. The van der Waals surface area contributed by atoms with E-state index in [1.165, 1.54) is 13.3 Å². The topological polar surface area (TPSA) is 84.7 Å². The van der Waals surface area contributed by atoms with Gasteiger partial charge in [0, 0.05) is 27.7 Å². The number of rotatable bonds is 5. The molecule has 7 nitrogen and oxygen atoms in total. The average Bonchev–Trinajstić information content (AvgIpc) is 3.01. The predicted molar refractivity (Wildman–Crippen MR) is 122 cm³/mol. The van der Waals surface area contributed by atoms with Gasteiger partial charge in [0.25, 0.3) is 0 Å². The molecule has 3 aromatic rings. The second kappa shape index (κ2) is 9.49. The molecule has 0 saturated carbocycles. The van der Waals surface area contributed by atoms with E-state index in [0.29, 0.717) is 16.5 Å². The van der Waals surface area contributed by atoms with Crippen molar-refractivity contribution in [2.24, 2.45) is 5.10 Å². The molecule has 160 valence electrons. The van der Waals surface area contributed by atoms with Crippen molar-refractivity contribution in [3.8, 4) is 11.4 Å². The van der Waals surface area contributed by atoms with Crippen molar-refractivity contribution in [1.29, 1.82) is 0 Å². The van der Waals surface area contributed by atoms with Crippen LogP contribution in [0.15, 0.2) is 53.6 Å². The molecule has 0 aliphatic rings. The number of nitrogens with one attached hydrogen (secondary N) is 2. The van der Waals surface area contributed by atoms with Crippen LogP contribution < -0.4 is 15.5 Å². The Bertz CT molecular complexity index is 1170. The van der Waals surface area contributed by atoms with Gasteiger partial charge in [0.2, 0.25) is 0 Å². The van der Waals surface area contributed by atoms with Gasteiger partial charge in [-0.05, 0) is 62.7 Å². The van der Waals surface area contributed by atoms with E-state index < -0.39 is 11.8 Å².